The third kappa shape index (κ3) is 5.78. The van der Waals surface area contributed by atoms with Crippen LogP contribution in [0.2, 0.25) is 0 Å². The number of likely N-dealkylation sites (tertiary alicyclic amines) is 1. The number of amides is 2. The summed E-state index contributed by atoms with van der Waals surface area (Å²) in [5.74, 6) is 0.0516. The molecule has 1 aromatic carbocycles. The molecule has 2 heterocycles. The number of carbonyl (C=O) groups excluding carboxylic acids is 2. The molecule has 0 radical (unpaired) electrons. The number of carbonyl (C=O) groups is 2. The Bertz CT molecular complexity index is 636. The minimum absolute atomic E-state index is 0.0516. The first-order valence-electron chi connectivity index (χ1n) is 10.5. The van der Waals surface area contributed by atoms with Crippen molar-refractivity contribution in [1.82, 2.24) is 10.2 Å². The third-order valence-electron chi connectivity index (χ3n) is 5.41. The molecular weight excluding hydrogens is 356 g/mol. The second-order valence-electron chi connectivity index (χ2n) is 7.45. The molecule has 1 aromatic rings. The summed E-state index contributed by atoms with van der Waals surface area (Å²) in [5, 5.41) is 6.40. The predicted octanol–water partition coefficient (Wildman–Crippen LogP) is 2.83. The highest BCUT2D eigenvalue weighted by Crippen LogP contribution is 2.22. The van der Waals surface area contributed by atoms with E-state index in [-0.39, 0.29) is 18.0 Å². The maximum absolute atomic E-state index is 12.2. The number of nitrogens with zero attached hydrogens (tertiary/aromatic N) is 2. The Morgan fingerprint density at radius 1 is 1.07 bits per heavy atom. The molecule has 0 atom stereocenters. The molecular formula is C21H32N4O3. The average Bonchev–Trinajstić information content (AvgIpc) is 3.24. The van der Waals surface area contributed by atoms with E-state index in [2.05, 4.69) is 39.8 Å². The van der Waals surface area contributed by atoms with E-state index in [1.165, 1.54) is 18.5 Å². The summed E-state index contributed by atoms with van der Waals surface area (Å²) in [6.45, 7) is 6.36. The third-order valence-corrected chi connectivity index (χ3v) is 5.41. The van der Waals surface area contributed by atoms with Crippen LogP contribution in [-0.4, -0.2) is 62.3 Å². The summed E-state index contributed by atoms with van der Waals surface area (Å²) in [4.78, 5) is 28.0. The van der Waals surface area contributed by atoms with Crippen LogP contribution in [0.15, 0.2) is 24.3 Å². The van der Waals surface area contributed by atoms with Gasteiger partial charge in [-0.15, -0.1) is 0 Å². The monoisotopic (exact) mass is 388 g/mol. The van der Waals surface area contributed by atoms with Crippen LogP contribution in [0.25, 0.3) is 0 Å². The predicted molar refractivity (Wildman–Crippen MR) is 111 cm³/mol. The number of ether oxygens (including phenoxy) is 1. The van der Waals surface area contributed by atoms with Crippen molar-refractivity contribution in [3.8, 4) is 0 Å². The van der Waals surface area contributed by atoms with Crippen molar-refractivity contribution in [3.05, 3.63) is 24.3 Å². The molecule has 0 bridgehead atoms. The molecule has 0 spiro atoms. The molecule has 28 heavy (non-hydrogen) atoms. The van der Waals surface area contributed by atoms with Crippen molar-refractivity contribution in [1.29, 1.82) is 0 Å². The van der Waals surface area contributed by atoms with Crippen LogP contribution in [0, 0.1) is 0 Å². The lowest BCUT2D eigenvalue weighted by atomic mass is 10.1. The van der Waals surface area contributed by atoms with Gasteiger partial charge in [-0.1, -0.05) is 0 Å². The van der Waals surface area contributed by atoms with Crippen LogP contribution in [-0.2, 0) is 9.53 Å². The number of nitrogens with one attached hydrogen (secondary N) is 2. The van der Waals surface area contributed by atoms with E-state index >= 15 is 0 Å². The van der Waals surface area contributed by atoms with E-state index in [1.807, 2.05) is 0 Å². The van der Waals surface area contributed by atoms with Gasteiger partial charge in [-0.3, -0.25) is 4.79 Å². The lowest BCUT2D eigenvalue weighted by Crippen LogP contribution is -2.46. The minimum Gasteiger partial charge on any atom is -0.450 e. The number of anilines is 2. The van der Waals surface area contributed by atoms with Crippen LogP contribution >= 0.6 is 0 Å². The number of piperidine rings is 1. The maximum Gasteiger partial charge on any atom is 0.409 e. The van der Waals surface area contributed by atoms with Crippen LogP contribution in [0.1, 0.15) is 39.0 Å². The van der Waals surface area contributed by atoms with Gasteiger partial charge in [0.05, 0.1) is 6.61 Å². The van der Waals surface area contributed by atoms with E-state index in [0.717, 1.165) is 31.6 Å². The van der Waals surface area contributed by atoms with Crippen molar-refractivity contribution in [2.45, 2.75) is 45.1 Å². The van der Waals surface area contributed by atoms with Gasteiger partial charge in [0.1, 0.15) is 0 Å². The summed E-state index contributed by atoms with van der Waals surface area (Å²) >= 11 is 0. The number of hydrogen-bond acceptors (Lipinski definition) is 5. The Morgan fingerprint density at radius 2 is 1.75 bits per heavy atom. The fraction of sp³-hybridized carbons (Fsp3) is 0.619. The van der Waals surface area contributed by atoms with E-state index in [9.17, 15) is 9.59 Å². The smallest absolute Gasteiger partial charge is 0.409 e. The zero-order chi connectivity index (χ0) is 19.8. The van der Waals surface area contributed by atoms with E-state index in [1.54, 1.807) is 11.8 Å². The molecule has 2 aliphatic heterocycles. The van der Waals surface area contributed by atoms with E-state index in [4.69, 9.17) is 4.74 Å². The molecule has 0 saturated carbocycles. The summed E-state index contributed by atoms with van der Waals surface area (Å²) in [5.41, 5.74) is 2.31. The molecule has 7 heteroatoms. The molecule has 0 aromatic heterocycles. The highest BCUT2D eigenvalue weighted by atomic mass is 16.6. The molecule has 0 unspecified atom stereocenters. The SMILES string of the molecule is CCOC(=O)N1CCC(NC(=O)CCNc2ccc(N3CCCC3)cc2)CC1. The van der Waals surface area contributed by atoms with Gasteiger partial charge in [0.2, 0.25) is 5.91 Å². The number of hydrogen-bond donors (Lipinski definition) is 2. The Labute approximate surface area is 167 Å². The van der Waals surface area contributed by atoms with Crippen molar-refractivity contribution in [2.24, 2.45) is 0 Å². The lowest BCUT2D eigenvalue weighted by molar-refractivity contribution is -0.121. The molecule has 7 nitrogen and oxygen atoms in total. The summed E-state index contributed by atoms with van der Waals surface area (Å²) in [6.07, 6.45) is 4.28. The second-order valence-corrected chi connectivity index (χ2v) is 7.45. The first-order valence-corrected chi connectivity index (χ1v) is 10.5. The molecule has 2 amide bonds. The molecule has 2 saturated heterocycles. The standard InChI is InChI=1S/C21H32N4O3/c1-2-28-21(27)25-15-10-18(11-16-25)23-20(26)9-12-22-17-5-7-19(8-6-17)24-13-3-4-14-24/h5-8,18,22H,2-4,9-16H2,1H3,(H,23,26). The summed E-state index contributed by atoms with van der Waals surface area (Å²) in [7, 11) is 0. The topological polar surface area (TPSA) is 73.9 Å². The largest absolute Gasteiger partial charge is 0.450 e. The van der Waals surface area contributed by atoms with Gasteiger partial charge in [-0.05, 0) is 56.9 Å². The first kappa shape index (κ1) is 20.3. The van der Waals surface area contributed by atoms with Gasteiger partial charge in [0.25, 0.3) is 0 Å². The van der Waals surface area contributed by atoms with Crippen molar-refractivity contribution >= 4 is 23.4 Å². The Morgan fingerprint density at radius 3 is 2.39 bits per heavy atom. The van der Waals surface area contributed by atoms with Gasteiger partial charge in [-0.25, -0.2) is 4.79 Å². The van der Waals surface area contributed by atoms with Gasteiger partial charge >= 0.3 is 6.09 Å². The number of rotatable bonds is 7. The minimum atomic E-state index is -0.257. The Balaban J connectivity index is 1.32. The molecule has 3 rings (SSSR count). The van der Waals surface area contributed by atoms with E-state index < -0.39 is 0 Å². The molecule has 2 fully saturated rings. The first-order chi connectivity index (χ1) is 13.7. The zero-order valence-corrected chi connectivity index (χ0v) is 16.8. The average molecular weight is 389 g/mol. The van der Waals surface area contributed by atoms with Gasteiger partial charge in [0, 0.05) is 56.6 Å². The molecule has 2 N–H and O–H groups in total. The Kier molecular flexibility index (Phi) is 7.39. The van der Waals surface area contributed by atoms with Gasteiger partial charge in [0.15, 0.2) is 0 Å². The van der Waals surface area contributed by atoms with Crippen LogP contribution in [0.5, 0.6) is 0 Å². The normalized spacial score (nSPS) is 17.5. The summed E-state index contributed by atoms with van der Waals surface area (Å²) < 4.78 is 5.02. The lowest BCUT2D eigenvalue weighted by Gasteiger charge is -2.31. The maximum atomic E-state index is 12.2. The van der Waals surface area contributed by atoms with Crippen LogP contribution in [0.4, 0.5) is 16.2 Å². The molecule has 0 aliphatic carbocycles. The molecule has 154 valence electrons. The highest BCUT2D eigenvalue weighted by molar-refractivity contribution is 5.77. The second kappa shape index (κ2) is 10.2. The van der Waals surface area contributed by atoms with Crippen molar-refractivity contribution in [3.63, 3.8) is 0 Å². The van der Waals surface area contributed by atoms with Crippen molar-refractivity contribution < 1.29 is 14.3 Å². The highest BCUT2D eigenvalue weighted by Gasteiger charge is 2.24. The zero-order valence-electron chi connectivity index (χ0n) is 16.8. The fourth-order valence-electron chi connectivity index (χ4n) is 3.81. The fourth-order valence-corrected chi connectivity index (χ4v) is 3.81. The molecule has 2 aliphatic rings. The quantitative estimate of drug-likeness (QED) is 0.751. The van der Waals surface area contributed by atoms with Gasteiger partial charge < -0.3 is 25.2 Å². The van der Waals surface area contributed by atoms with Crippen LogP contribution < -0.4 is 15.5 Å². The van der Waals surface area contributed by atoms with Gasteiger partial charge in [-0.2, -0.15) is 0 Å². The van der Waals surface area contributed by atoms with Crippen molar-refractivity contribution in [2.75, 3.05) is 49.5 Å². The number of benzene rings is 1. The Hall–Kier alpha value is -2.44. The van der Waals surface area contributed by atoms with Crippen LogP contribution in [0.3, 0.4) is 0 Å². The van der Waals surface area contributed by atoms with E-state index in [0.29, 0.717) is 32.7 Å². The summed E-state index contributed by atoms with van der Waals surface area (Å²) in [6, 6.07) is 8.58.